The first-order valence-electron chi connectivity index (χ1n) is 2.57. The first-order chi connectivity index (χ1) is 4.74. The lowest BCUT2D eigenvalue weighted by molar-refractivity contribution is 0.102. The van der Waals surface area contributed by atoms with Crippen molar-refractivity contribution in [1.29, 1.82) is 0 Å². The molecule has 54 valence electrons. The van der Waals surface area contributed by atoms with Crippen molar-refractivity contribution in [2.75, 3.05) is 5.33 Å². The van der Waals surface area contributed by atoms with E-state index in [-0.39, 0.29) is 5.78 Å². The SMILES string of the molecule is O=C(CBr)c1cc(Cl)cs1. The van der Waals surface area contributed by atoms with Crippen molar-refractivity contribution in [2.24, 2.45) is 0 Å². The summed E-state index contributed by atoms with van der Waals surface area (Å²) in [7, 11) is 0. The van der Waals surface area contributed by atoms with Gasteiger partial charge in [0.15, 0.2) is 5.78 Å². The molecular weight excluding hydrogens is 235 g/mol. The molecule has 0 aliphatic carbocycles. The summed E-state index contributed by atoms with van der Waals surface area (Å²) in [5, 5.41) is 2.75. The van der Waals surface area contributed by atoms with Gasteiger partial charge in [0.05, 0.1) is 15.2 Å². The number of hydrogen-bond acceptors (Lipinski definition) is 2. The van der Waals surface area contributed by atoms with Gasteiger partial charge >= 0.3 is 0 Å². The highest BCUT2D eigenvalue weighted by Gasteiger charge is 2.05. The second-order valence-electron chi connectivity index (χ2n) is 1.69. The Kier molecular flexibility index (Phi) is 2.89. The quantitative estimate of drug-likeness (QED) is 0.573. The predicted octanol–water partition coefficient (Wildman–Crippen LogP) is 2.98. The van der Waals surface area contributed by atoms with E-state index in [1.165, 1.54) is 11.3 Å². The Labute approximate surface area is 76.1 Å². The van der Waals surface area contributed by atoms with Gasteiger partial charge in [0.2, 0.25) is 0 Å². The van der Waals surface area contributed by atoms with Crippen LogP contribution in [0, 0.1) is 0 Å². The summed E-state index contributed by atoms with van der Waals surface area (Å²) in [6.07, 6.45) is 0. The smallest absolute Gasteiger partial charge is 0.183 e. The Balaban J connectivity index is 2.85. The van der Waals surface area contributed by atoms with Gasteiger partial charge in [-0.05, 0) is 6.07 Å². The molecule has 0 aliphatic rings. The lowest BCUT2D eigenvalue weighted by atomic mass is 10.4. The standard InChI is InChI=1S/C6H4BrClOS/c7-2-5(9)6-1-4(8)3-10-6/h1,3H,2H2. The third-order valence-corrected chi connectivity index (χ3v) is 2.79. The van der Waals surface area contributed by atoms with Crippen molar-refractivity contribution >= 4 is 44.7 Å². The molecule has 1 aromatic rings. The normalized spacial score (nSPS) is 9.80. The van der Waals surface area contributed by atoms with E-state index in [4.69, 9.17) is 11.6 Å². The molecule has 10 heavy (non-hydrogen) atoms. The average molecular weight is 240 g/mol. The summed E-state index contributed by atoms with van der Waals surface area (Å²) in [6.45, 7) is 0. The summed E-state index contributed by atoms with van der Waals surface area (Å²) >= 11 is 10.0. The van der Waals surface area contributed by atoms with E-state index in [9.17, 15) is 4.79 Å². The molecule has 1 heterocycles. The molecule has 0 N–H and O–H groups in total. The zero-order valence-electron chi connectivity index (χ0n) is 4.93. The molecule has 0 amide bonds. The van der Waals surface area contributed by atoms with Crippen LogP contribution < -0.4 is 0 Å². The van der Waals surface area contributed by atoms with E-state index in [0.717, 1.165) is 0 Å². The Morgan fingerprint density at radius 1 is 1.80 bits per heavy atom. The van der Waals surface area contributed by atoms with Gasteiger partial charge in [-0.2, -0.15) is 0 Å². The highest BCUT2D eigenvalue weighted by molar-refractivity contribution is 9.09. The van der Waals surface area contributed by atoms with Gasteiger partial charge in [-0.3, -0.25) is 4.79 Å². The van der Waals surface area contributed by atoms with Crippen molar-refractivity contribution in [3.05, 3.63) is 21.3 Å². The van der Waals surface area contributed by atoms with Crippen molar-refractivity contribution in [3.63, 3.8) is 0 Å². The summed E-state index contributed by atoms with van der Waals surface area (Å²) in [6, 6.07) is 1.68. The average Bonchev–Trinajstić information content (AvgIpc) is 2.34. The molecule has 1 rings (SSSR count). The summed E-state index contributed by atoms with van der Waals surface area (Å²) in [5.41, 5.74) is 0. The Morgan fingerprint density at radius 3 is 2.90 bits per heavy atom. The fourth-order valence-electron chi connectivity index (χ4n) is 0.525. The van der Waals surface area contributed by atoms with Crippen LogP contribution in [0.1, 0.15) is 9.67 Å². The van der Waals surface area contributed by atoms with E-state index in [1.54, 1.807) is 11.4 Å². The van der Waals surface area contributed by atoms with Gasteiger partial charge in [0, 0.05) is 5.38 Å². The molecule has 0 aliphatic heterocycles. The zero-order valence-corrected chi connectivity index (χ0v) is 8.09. The van der Waals surface area contributed by atoms with Crippen LogP contribution in [0.15, 0.2) is 11.4 Å². The molecule has 0 atom stereocenters. The fourth-order valence-corrected chi connectivity index (χ4v) is 2.03. The molecule has 0 saturated heterocycles. The predicted molar refractivity (Wildman–Crippen MR) is 47.5 cm³/mol. The van der Waals surface area contributed by atoms with E-state index in [0.29, 0.717) is 15.2 Å². The molecule has 0 spiro atoms. The van der Waals surface area contributed by atoms with Gasteiger partial charge in [-0.15, -0.1) is 11.3 Å². The molecule has 0 radical (unpaired) electrons. The fraction of sp³-hybridized carbons (Fsp3) is 0.167. The third-order valence-electron chi connectivity index (χ3n) is 0.964. The number of ketones is 1. The molecule has 0 bridgehead atoms. The minimum Gasteiger partial charge on any atom is -0.292 e. The van der Waals surface area contributed by atoms with Crippen LogP contribution in [0.2, 0.25) is 5.02 Å². The van der Waals surface area contributed by atoms with Crippen molar-refractivity contribution in [1.82, 2.24) is 0 Å². The summed E-state index contributed by atoms with van der Waals surface area (Å²) in [5.74, 6) is 0.0805. The Bertz CT molecular complexity index is 246. The van der Waals surface area contributed by atoms with Gasteiger partial charge in [0.25, 0.3) is 0 Å². The van der Waals surface area contributed by atoms with Gasteiger partial charge in [0.1, 0.15) is 0 Å². The van der Waals surface area contributed by atoms with Gasteiger partial charge < -0.3 is 0 Å². The van der Waals surface area contributed by atoms with Gasteiger partial charge in [-0.1, -0.05) is 27.5 Å². The molecule has 4 heteroatoms. The molecule has 0 aromatic carbocycles. The van der Waals surface area contributed by atoms with E-state index < -0.39 is 0 Å². The first kappa shape index (κ1) is 8.24. The number of halogens is 2. The van der Waals surface area contributed by atoms with Crippen LogP contribution in [-0.2, 0) is 0 Å². The molecule has 0 unspecified atom stereocenters. The van der Waals surface area contributed by atoms with Crippen LogP contribution in [0.25, 0.3) is 0 Å². The number of carbonyl (C=O) groups is 1. The van der Waals surface area contributed by atoms with Crippen LogP contribution in [0.4, 0.5) is 0 Å². The molecular formula is C6H4BrClOS. The number of alkyl halides is 1. The highest BCUT2D eigenvalue weighted by Crippen LogP contribution is 2.19. The van der Waals surface area contributed by atoms with Crippen LogP contribution in [-0.4, -0.2) is 11.1 Å². The highest BCUT2D eigenvalue weighted by atomic mass is 79.9. The lowest BCUT2D eigenvalue weighted by Gasteiger charge is -1.85. The maximum absolute atomic E-state index is 10.9. The van der Waals surface area contributed by atoms with Crippen molar-refractivity contribution in [3.8, 4) is 0 Å². The first-order valence-corrected chi connectivity index (χ1v) is 4.95. The Hall–Kier alpha value is 0.140. The molecule has 0 saturated carbocycles. The minimum atomic E-state index is 0.0805. The van der Waals surface area contributed by atoms with E-state index in [2.05, 4.69) is 15.9 Å². The zero-order chi connectivity index (χ0) is 7.56. The van der Waals surface area contributed by atoms with Crippen molar-refractivity contribution < 1.29 is 4.79 Å². The van der Waals surface area contributed by atoms with Crippen LogP contribution in [0.5, 0.6) is 0 Å². The van der Waals surface area contributed by atoms with Crippen LogP contribution in [0.3, 0.4) is 0 Å². The number of thiophene rings is 1. The second kappa shape index (κ2) is 3.51. The van der Waals surface area contributed by atoms with E-state index in [1.807, 2.05) is 0 Å². The molecule has 1 nitrogen and oxygen atoms in total. The monoisotopic (exact) mass is 238 g/mol. The summed E-state index contributed by atoms with van der Waals surface area (Å²) < 4.78 is 0. The topological polar surface area (TPSA) is 17.1 Å². The maximum atomic E-state index is 10.9. The number of Topliss-reactive ketones (excluding diaryl/α,β-unsaturated/α-hetero) is 1. The van der Waals surface area contributed by atoms with E-state index >= 15 is 0 Å². The molecule has 1 aromatic heterocycles. The minimum absolute atomic E-state index is 0.0805. The second-order valence-corrected chi connectivity index (χ2v) is 3.59. The summed E-state index contributed by atoms with van der Waals surface area (Å²) in [4.78, 5) is 11.6. The largest absolute Gasteiger partial charge is 0.292 e. The molecule has 0 fully saturated rings. The van der Waals surface area contributed by atoms with Crippen molar-refractivity contribution in [2.45, 2.75) is 0 Å². The lowest BCUT2D eigenvalue weighted by Crippen LogP contribution is -1.94. The van der Waals surface area contributed by atoms with Gasteiger partial charge in [-0.25, -0.2) is 0 Å². The Morgan fingerprint density at radius 2 is 2.50 bits per heavy atom. The maximum Gasteiger partial charge on any atom is 0.183 e. The number of rotatable bonds is 2. The number of carbonyl (C=O) groups excluding carboxylic acids is 1. The van der Waals surface area contributed by atoms with Crippen LogP contribution >= 0.6 is 38.9 Å². The number of hydrogen-bond donors (Lipinski definition) is 0. The third kappa shape index (κ3) is 1.81.